The molecule has 2 N–H and O–H groups in total. The Hall–Kier alpha value is -4.06. The lowest BCUT2D eigenvalue weighted by Crippen LogP contribution is -2.52. The van der Waals surface area contributed by atoms with Crippen LogP contribution in [0.4, 0.5) is 13.6 Å². The maximum Gasteiger partial charge on any atom is 0.322 e. The van der Waals surface area contributed by atoms with Gasteiger partial charge in [-0.1, -0.05) is 13.0 Å². The van der Waals surface area contributed by atoms with E-state index in [9.17, 15) is 18.8 Å². The smallest absolute Gasteiger partial charge is 0.322 e. The van der Waals surface area contributed by atoms with Crippen molar-refractivity contribution in [3.63, 3.8) is 0 Å². The van der Waals surface area contributed by atoms with Crippen LogP contribution >= 0.6 is 0 Å². The van der Waals surface area contributed by atoms with Crippen molar-refractivity contribution in [2.75, 3.05) is 33.3 Å². The number of rotatable bonds is 7. The SMILES string of the molecule is CCCN1CCC(c2nc3cc([C@]4(CN5Cc6ccc(OC)c(F)c6C5=O)NC(=O)NC4=O)oc3cc2F)CC1. The van der Waals surface area contributed by atoms with Crippen molar-refractivity contribution in [2.45, 2.75) is 44.2 Å². The summed E-state index contributed by atoms with van der Waals surface area (Å²) in [5.74, 6) is -2.82. The first-order valence-corrected chi connectivity index (χ1v) is 13.3. The molecule has 10 nitrogen and oxygen atoms in total. The van der Waals surface area contributed by atoms with E-state index in [0.29, 0.717) is 16.8 Å². The molecule has 40 heavy (non-hydrogen) atoms. The molecule has 2 aromatic heterocycles. The van der Waals surface area contributed by atoms with Gasteiger partial charge >= 0.3 is 6.03 Å². The molecular formula is C28H29F2N5O5. The number of furan rings is 1. The molecule has 1 aromatic carbocycles. The molecule has 4 amide bonds. The van der Waals surface area contributed by atoms with Gasteiger partial charge in [0.25, 0.3) is 11.8 Å². The highest BCUT2D eigenvalue weighted by atomic mass is 19.1. The highest BCUT2D eigenvalue weighted by Crippen LogP contribution is 2.37. The van der Waals surface area contributed by atoms with Crippen LogP contribution in [0.5, 0.6) is 5.75 Å². The van der Waals surface area contributed by atoms with Gasteiger partial charge in [-0.3, -0.25) is 14.9 Å². The molecule has 12 heteroatoms. The number of piperidine rings is 1. The van der Waals surface area contributed by atoms with Gasteiger partial charge in [-0.2, -0.15) is 0 Å². The Morgan fingerprint density at radius 3 is 2.62 bits per heavy atom. The number of aromatic nitrogens is 1. The van der Waals surface area contributed by atoms with Crippen LogP contribution in [0.15, 0.2) is 28.7 Å². The molecular weight excluding hydrogens is 524 g/mol. The van der Waals surface area contributed by atoms with Crippen LogP contribution in [0, 0.1) is 11.6 Å². The van der Waals surface area contributed by atoms with E-state index in [0.717, 1.165) is 38.9 Å². The molecule has 0 aliphatic carbocycles. The van der Waals surface area contributed by atoms with Crippen LogP contribution in [0.1, 0.15) is 59.5 Å². The number of nitrogens with one attached hydrogen (secondary N) is 2. The highest BCUT2D eigenvalue weighted by Gasteiger charge is 2.53. The number of ether oxygens (including phenoxy) is 1. The third-order valence-corrected chi connectivity index (χ3v) is 8.06. The third-order valence-electron chi connectivity index (χ3n) is 8.06. The number of nitrogens with zero attached hydrogens (tertiary/aromatic N) is 3. The van der Waals surface area contributed by atoms with Crippen molar-refractivity contribution >= 4 is 28.9 Å². The summed E-state index contributed by atoms with van der Waals surface area (Å²) in [6.07, 6.45) is 2.62. The molecule has 5 heterocycles. The van der Waals surface area contributed by atoms with Crippen LogP contribution in [0.2, 0.25) is 0 Å². The van der Waals surface area contributed by atoms with Crippen LogP contribution < -0.4 is 15.4 Å². The van der Waals surface area contributed by atoms with Gasteiger partial charge < -0.3 is 24.3 Å². The van der Waals surface area contributed by atoms with Gasteiger partial charge in [-0.15, -0.1) is 0 Å². The van der Waals surface area contributed by atoms with E-state index in [1.54, 1.807) is 6.07 Å². The predicted octanol–water partition coefficient (Wildman–Crippen LogP) is 3.39. The molecule has 3 aliphatic rings. The Labute approximate surface area is 228 Å². The minimum absolute atomic E-state index is 0.00512. The fraction of sp³-hybridized carbons (Fsp3) is 0.429. The Kier molecular flexibility index (Phi) is 6.44. The van der Waals surface area contributed by atoms with Crippen molar-refractivity contribution in [3.05, 3.63) is 58.5 Å². The Balaban J connectivity index is 1.33. The van der Waals surface area contributed by atoms with Gasteiger partial charge in [0.05, 0.1) is 24.9 Å². The van der Waals surface area contributed by atoms with Gasteiger partial charge in [0.15, 0.2) is 22.7 Å². The second-order valence-electron chi connectivity index (χ2n) is 10.6. The third kappa shape index (κ3) is 4.17. The minimum atomic E-state index is -1.82. The summed E-state index contributed by atoms with van der Waals surface area (Å²) in [5, 5.41) is 4.78. The zero-order valence-electron chi connectivity index (χ0n) is 22.2. The first kappa shape index (κ1) is 26.2. The maximum atomic E-state index is 15.2. The van der Waals surface area contributed by atoms with Crippen LogP contribution in [-0.4, -0.2) is 65.9 Å². The molecule has 0 unspecified atom stereocenters. The number of hydrogen-bond donors (Lipinski definition) is 2. The Bertz CT molecular complexity index is 1530. The van der Waals surface area contributed by atoms with E-state index in [4.69, 9.17) is 9.15 Å². The number of likely N-dealkylation sites (tertiary alicyclic amines) is 1. The lowest BCUT2D eigenvalue weighted by molar-refractivity contribution is -0.125. The van der Waals surface area contributed by atoms with Crippen LogP contribution in [-0.2, 0) is 16.9 Å². The van der Waals surface area contributed by atoms with E-state index in [1.807, 2.05) is 0 Å². The van der Waals surface area contributed by atoms with Gasteiger partial charge in [-0.05, 0) is 50.5 Å². The summed E-state index contributed by atoms with van der Waals surface area (Å²) in [7, 11) is 1.30. The number of fused-ring (bicyclic) bond motifs is 2. The zero-order valence-corrected chi connectivity index (χ0v) is 22.2. The highest BCUT2D eigenvalue weighted by molar-refractivity contribution is 6.08. The van der Waals surface area contributed by atoms with Gasteiger partial charge in [-0.25, -0.2) is 18.6 Å². The number of pyridine rings is 1. The molecule has 2 fully saturated rings. The van der Waals surface area contributed by atoms with E-state index in [2.05, 4.69) is 27.4 Å². The van der Waals surface area contributed by atoms with Gasteiger partial charge in [0.1, 0.15) is 17.1 Å². The summed E-state index contributed by atoms with van der Waals surface area (Å²) in [4.78, 5) is 46.9. The molecule has 3 aromatic rings. The molecule has 6 rings (SSSR count). The summed E-state index contributed by atoms with van der Waals surface area (Å²) in [5.41, 5.74) is -0.756. The molecule has 1 atom stereocenters. The van der Waals surface area contributed by atoms with Gasteiger partial charge in [0.2, 0.25) is 0 Å². The average Bonchev–Trinajstić information content (AvgIpc) is 3.58. The van der Waals surface area contributed by atoms with Crippen LogP contribution in [0.3, 0.4) is 0 Å². The number of methoxy groups -OCH3 is 1. The fourth-order valence-corrected chi connectivity index (χ4v) is 6.02. The number of halogens is 2. The monoisotopic (exact) mass is 553 g/mol. The normalized spacial score (nSPS) is 21.7. The van der Waals surface area contributed by atoms with Gasteiger partial charge in [0, 0.05) is 24.6 Å². The summed E-state index contributed by atoms with van der Waals surface area (Å²) in [6.45, 7) is 4.53. The number of benzene rings is 1. The van der Waals surface area contributed by atoms with Crippen LogP contribution in [0.25, 0.3) is 11.1 Å². The number of imide groups is 1. The molecule has 0 spiro atoms. The Morgan fingerprint density at radius 2 is 1.95 bits per heavy atom. The lowest BCUT2D eigenvalue weighted by atomic mass is 9.92. The largest absolute Gasteiger partial charge is 0.494 e. The molecule has 0 radical (unpaired) electrons. The molecule has 0 bridgehead atoms. The average molecular weight is 554 g/mol. The second-order valence-corrected chi connectivity index (χ2v) is 10.6. The summed E-state index contributed by atoms with van der Waals surface area (Å²) < 4.78 is 41.0. The first-order chi connectivity index (χ1) is 19.2. The van der Waals surface area contributed by atoms with Crippen molar-refractivity contribution in [1.29, 1.82) is 0 Å². The van der Waals surface area contributed by atoms with Crippen molar-refractivity contribution in [3.8, 4) is 5.75 Å². The van der Waals surface area contributed by atoms with Crippen molar-refractivity contribution < 1.29 is 32.3 Å². The Morgan fingerprint density at radius 1 is 1.18 bits per heavy atom. The van der Waals surface area contributed by atoms with E-state index in [-0.39, 0.29) is 41.7 Å². The molecule has 2 saturated heterocycles. The van der Waals surface area contributed by atoms with Crippen molar-refractivity contribution in [1.82, 2.24) is 25.4 Å². The number of amides is 4. The minimum Gasteiger partial charge on any atom is -0.494 e. The summed E-state index contributed by atoms with van der Waals surface area (Å²) in [6, 6.07) is 4.97. The molecule has 3 aliphatic heterocycles. The predicted molar refractivity (Wildman–Crippen MR) is 139 cm³/mol. The fourth-order valence-electron chi connectivity index (χ4n) is 6.02. The standard InChI is InChI=1S/C28H29F2N5O5/c1-3-8-34-9-6-15(7-10-34)24-17(29)11-20-18(31-24)12-21(40-20)28(26(37)32-27(38)33-28)14-35-13-16-4-5-19(39-2)23(30)22(16)25(35)36/h4-5,11-12,15H,3,6-10,13-14H2,1-2H3,(H2,32,33,37,38)/t28-/m0/s1. The van der Waals surface area contributed by atoms with Crippen molar-refractivity contribution in [2.24, 2.45) is 0 Å². The number of carbonyl (C=O) groups is 3. The first-order valence-electron chi connectivity index (χ1n) is 13.3. The van der Waals surface area contributed by atoms with E-state index >= 15 is 4.39 Å². The molecule has 210 valence electrons. The topological polar surface area (TPSA) is 117 Å². The number of hydrogen-bond acceptors (Lipinski definition) is 7. The van der Waals surface area contributed by atoms with E-state index < -0.39 is 35.0 Å². The van der Waals surface area contributed by atoms with E-state index in [1.165, 1.54) is 30.2 Å². The maximum absolute atomic E-state index is 15.2. The second kappa shape index (κ2) is 9.84. The molecule has 0 saturated carbocycles. The summed E-state index contributed by atoms with van der Waals surface area (Å²) >= 11 is 0. The lowest BCUT2D eigenvalue weighted by Gasteiger charge is -2.31. The number of carbonyl (C=O) groups excluding carboxylic acids is 3. The quantitative estimate of drug-likeness (QED) is 0.431. The zero-order chi connectivity index (χ0) is 28.2. The number of urea groups is 1.